The van der Waals surface area contributed by atoms with Crippen LogP contribution in [-0.2, 0) is 28.5 Å². The van der Waals surface area contributed by atoms with Crippen molar-refractivity contribution >= 4 is 23.6 Å². The van der Waals surface area contributed by atoms with Crippen molar-refractivity contribution in [2.24, 2.45) is 11.7 Å². The molecule has 4 N–H and O–H groups in total. The number of nitrogens with one attached hydrogen (secondary N) is 1. The van der Waals surface area contributed by atoms with E-state index in [1.165, 1.54) is 11.8 Å². The maximum absolute atomic E-state index is 11.8. The summed E-state index contributed by atoms with van der Waals surface area (Å²) in [5.74, 6) is 0.342. The molecule has 0 fully saturated rings. The molecule has 0 rings (SSSR count). The Hall–Kier alpha value is -0.910. The van der Waals surface area contributed by atoms with Gasteiger partial charge in [0.1, 0.15) is 6.04 Å². The molecule has 0 aliphatic carbocycles. The van der Waals surface area contributed by atoms with E-state index in [-0.39, 0.29) is 18.9 Å². The second-order valence-electron chi connectivity index (χ2n) is 6.38. The molecule has 1 unspecified atom stereocenters. The Morgan fingerprint density at radius 3 is 1.66 bits per heavy atom. The van der Waals surface area contributed by atoms with E-state index >= 15 is 0 Å². The molecule has 194 valence electrons. The van der Waals surface area contributed by atoms with Crippen molar-refractivity contribution in [3.8, 4) is 0 Å². The van der Waals surface area contributed by atoms with Crippen molar-refractivity contribution in [3.63, 3.8) is 0 Å². The highest BCUT2D eigenvalue weighted by Crippen LogP contribution is 2.09. The summed E-state index contributed by atoms with van der Waals surface area (Å²) >= 11 is 1.52. The van der Waals surface area contributed by atoms with Crippen LogP contribution in [-0.4, -0.2) is 93.9 Å². The first-order valence-corrected chi connectivity index (χ1v) is 12.7. The van der Waals surface area contributed by atoms with Crippen molar-refractivity contribution in [1.29, 1.82) is 0 Å². The second kappa shape index (κ2) is 30.1. The highest BCUT2D eigenvalue weighted by atomic mass is 32.2. The predicted octanol–water partition coefficient (Wildman–Crippen LogP) is 2.41. The number of carboxylic acids is 1. The topological polar surface area (TPSA) is 129 Å². The van der Waals surface area contributed by atoms with Crippen LogP contribution in [0.25, 0.3) is 0 Å². The van der Waals surface area contributed by atoms with E-state index in [1.54, 1.807) is 0 Å². The monoisotopic (exact) mass is 484 g/mol. The minimum absolute atomic E-state index is 0.116. The molecule has 0 radical (unpaired) electrons. The average Bonchev–Trinajstić information content (AvgIpc) is 2.78. The van der Waals surface area contributed by atoms with Gasteiger partial charge in [-0.25, -0.2) is 4.79 Å². The van der Waals surface area contributed by atoms with Crippen molar-refractivity contribution in [2.45, 2.75) is 54.0 Å². The lowest BCUT2D eigenvalue weighted by Crippen LogP contribution is -2.43. The largest absolute Gasteiger partial charge is 0.480 e. The summed E-state index contributed by atoms with van der Waals surface area (Å²) in [6.07, 6.45) is 0.116. The first-order chi connectivity index (χ1) is 15.5. The molecule has 0 heterocycles. The normalized spacial score (nSPS) is 11.1. The summed E-state index contributed by atoms with van der Waals surface area (Å²) in [7, 11) is 0. The zero-order valence-electron chi connectivity index (χ0n) is 21.0. The maximum Gasteiger partial charge on any atom is 0.327 e. The SMILES string of the molecule is CC.CC.CC(C)CSCC(NC(=O)CCOCCOCCOCCOCCN)C(=O)O. The molecule has 9 nitrogen and oxygen atoms in total. The number of thioether (sulfide) groups is 1. The lowest BCUT2D eigenvalue weighted by Gasteiger charge is -2.15. The smallest absolute Gasteiger partial charge is 0.327 e. The number of ether oxygens (including phenoxy) is 4. The Morgan fingerprint density at radius 2 is 1.25 bits per heavy atom. The molecule has 0 spiro atoms. The lowest BCUT2D eigenvalue weighted by molar-refractivity contribution is -0.141. The van der Waals surface area contributed by atoms with E-state index in [2.05, 4.69) is 19.2 Å². The van der Waals surface area contributed by atoms with Crippen LogP contribution in [0.4, 0.5) is 0 Å². The van der Waals surface area contributed by atoms with Gasteiger partial charge in [-0.05, 0) is 11.7 Å². The Balaban J connectivity index is -0.00000198. The second-order valence-corrected chi connectivity index (χ2v) is 7.45. The number of amides is 1. The molecule has 32 heavy (non-hydrogen) atoms. The van der Waals surface area contributed by atoms with Crippen molar-refractivity contribution in [2.75, 3.05) is 70.9 Å². The molecular formula is C22H48N2O7S. The van der Waals surface area contributed by atoms with E-state index < -0.39 is 12.0 Å². The number of carbonyl (C=O) groups is 2. The van der Waals surface area contributed by atoms with Crippen LogP contribution < -0.4 is 11.1 Å². The molecule has 0 saturated carbocycles. The third-order valence-corrected chi connectivity index (χ3v) is 4.69. The number of rotatable bonds is 20. The van der Waals surface area contributed by atoms with Gasteiger partial charge in [0.2, 0.25) is 5.91 Å². The standard InChI is InChI=1S/C18H36N2O7S.2C2H6/c1-15(2)13-28-14-16(18(22)23)20-17(21)3-5-24-7-9-26-11-12-27-10-8-25-6-4-19;2*1-2/h15-16H,3-14,19H2,1-2H3,(H,20,21)(H,22,23);2*1-2H3. The Labute approximate surface area is 199 Å². The summed E-state index contributed by atoms with van der Waals surface area (Å²) in [4.78, 5) is 23.0. The van der Waals surface area contributed by atoms with Gasteiger partial charge in [0.25, 0.3) is 0 Å². The first kappa shape index (κ1) is 35.7. The molecular weight excluding hydrogens is 436 g/mol. The number of nitrogens with two attached hydrogens (primary N) is 1. The van der Waals surface area contributed by atoms with Gasteiger partial charge in [-0.2, -0.15) is 11.8 Å². The van der Waals surface area contributed by atoms with Crippen molar-refractivity contribution in [3.05, 3.63) is 0 Å². The molecule has 0 aromatic rings. The molecule has 1 atom stereocenters. The van der Waals surface area contributed by atoms with Crippen LogP contribution in [0.1, 0.15) is 48.0 Å². The third kappa shape index (κ3) is 29.1. The maximum atomic E-state index is 11.8. The van der Waals surface area contributed by atoms with E-state index in [9.17, 15) is 14.7 Å². The molecule has 0 aliphatic rings. The summed E-state index contributed by atoms with van der Waals surface area (Å²) in [5, 5.41) is 11.7. The lowest BCUT2D eigenvalue weighted by atomic mass is 10.3. The van der Waals surface area contributed by atoms with Crippen LogP contribution in [0.2, 0.25) is 0 Å². The summed E-state index contributed by atoms with van der Waals surface area (Å²) < 4.78 is 21.1. The first-order valence-electron chi connectivity index (χ1n) is 11.6. The summed E-state index contributed by atoms with van der Waals surface area (Å²) in [5.41, 5.74) is 5.29. The van der Waals surface area contributed by atoms with Gasteiger partial charge < -0.3 is 35.1 Å². The minimum atomic E-state index is -1.02. The van der Waals surface area contributed by atoms with Gasteiger partial charge in [0.15, 0.2) is 0 Å². The van der Waals surface area contributed by atoms with Crippen LogP contribution in [0, 0.1) is 5.92 Å². The summed E-state index contributed by atoms with van der Waals surface area (Å²) in [6.45, 7) is 16.1. The van der Waals surface area contributed by atoms with E-state index in [4.69, 9.17) is 24.7 Å². The van der Waals surface area contributed by atoms with Crippen molar-refractivity contribution in [1.82, 2.24) is 5.32 Å². The molecule has 0 aliphatic heterocycles. The number of carboxylic acid groups (broad SMARTS) is 1. The number of hydrogen-bond acceptors (Lipinski definition) is 8. The van der Waals surface area contributed by atoms with Crippen LogP contribution >= 0.6 is 11.8 Å². The molecule has 0 saturated heterocycles. The fraction of sp³-hybridized carbons (Fsp3) is 0.909. The number of hydrogen-bond donors (Lipinski definition) is 3. The number of carbonyl (C=O) groups excluding carboxylic acids is 1. The summed E-state index contributed by atoms with van der Waals surface area (Å²) in [6, 6.07) is -0.875. The Kier molecular flexibility index (Phi) is 33.5. The average molecular weight is 485 g/mol. The highest BCUT2D eigenvalue weighted by Gasteiger charge is 2.19. The fourth-order valence-electron chi connectivity index (χ4n) is 1.87. The van der Waals surface area contributed by atoms with Gasteiger partial charge in [-0.3, -0.25) is 4.79 Å². The Bertz CT molecular complexity index is 402. The van der Waals surface area contributed by atoms with Crippen LogP contribution in [0.3, 0.4) is 0 Å². The molecule has 0 aromatic heterocycles. The fourth-order valence-corrected chi connectivity index (χ4v) is 2.94. The number of aliphatic carboxylic acids is 1. The zero-order chi connectivity index (χ0) is 25.0. The predicted molar refractivity (Wildman–Crippen MR) is 131 cm³/mol. The van der Waals surface area contributed by atoms with E-state index in [0.29, 0.717) is 64.5 Å². The zero-order valence-corrected chi connectivity index (χ0v) is 21.8. The molecule has 1 amide bonds. The highest BCUT2D eigenvalue weighted by molar-refractivity contribution is 7.99. The van der Waals surface area contributed by atoms with Gasteiger partial charge in [-0.1, -0.05) is 41.5 Å². The van der Waals surface area contributed by atoms with E-state index in [0.717, 1.165) is 5.75 Å². The van der Waals surface area contributed by atoms with Gasteiger partial charge in [-0.15, -0.1) is 0 Å². The molecule has 0 aromatic carbocycles. The third-order valence-electron chi connectivity index (χ3n) is 3.22. The van der Waals surface area contributed by atoms with Crippen molar-refractivity contribution < 1.29 is 33.6 Å². The van der Waals surface area contributed by atoms with Gasteiger partial charge in [0, 0.05) is 18.7 Å². The van der Waals surface area contributed by atoms with Crippen LogP contribution in [0.5, 0.6) is 0 Å². The molecule has 10 heteroatoms. The van der Waals surface area contributed by atoms with Gasteiger partial charge in [0.05, 0.1) is 52.9 Å². The van der Waals surface area contributed by atoms with Gasteiger partial charge >= 0.3 is 5.97 Å². The van der Waals surface area contributed by atoms with E-state index in [1.807, 2.05) is 27.7 Å². The minimum Gasteiger partial charge on any atom is -0.480 e. The quantitative estimate of drug-likeness (QED) is 0.223. The Morgan fingerprint density at radius 1 is 0.812 bits per heavy atom. The molecule has 0 bridgehead atoms. The van der Waals surface area contributed by atoms with Crippen LogP contribution in [0.15, 0.2) is 0 Å².